The van der Waals surface area contributed by atoms with Gasteiger partial charge in [-0.05, 0) is 11.1 Å². The van der Waals surface area contributed by atoms with Gasteiger partial charge in [0.1, 0.15) is 0 Å². The minimum atomic E-state index is 0.0163. The summed E-state index contributed by atoms with van der Waals surface area (Å²) in [5.41, 5.74) is 7.57. The van der Waals surface area contributed by atoms with Crippen LogP contribution in [0.3, 0.4) is 0 Å². The molecule has 5 nitrogen and oxygen atoms in total. The molecule has 5 heteroatoms. The number of hydrogen-bond donors (Lipinski definition) is 2. The van der Waals surface area contributed by atoms with Crippen LogP contribution in [-0.4, -0.2) is 36.3 Å². The minimum absolute atomic E-state index is 0.0163. The molecule has 0 atom stereocenters. The quantitative estimate of drug-likeness (QED) is 0.806. The summed E-state index contributed by atoms with van der Waals surface area (Å²) in [7, 11) is 0. The highest BCUT2D eigenvalue weighted by molar-refractivity contribution is 5.81. The molecule has 0 spiro atoms. The highest BCUT2D eigenvalue weighted by Gasteiger charge is 2.18. The molecule has 102 valence electrons. The van der Waals surface area contributed by atoms with Crippen molar-refractivity contribution in [1.29, 1.82) is 0 Å². The number of nitrogens with two attached hydrogens (primary N) is 1. The van der Waals surface area contributed by atoms with E-state index in [9.17, 15) is 9.59 Å². The van der Waals surface area contributed by atoms with Crippen molar-refractivity contribution in [1.82, 2.24) is 10.2 Å². The van der Waals surface area contributed by atoms with E-state index >= 15 is 0 Å². The minimum Gasteiger partial charge on any atom is -0.354 e. The number of hydrogen-bond acceptors (Lipinski definition) is 3. The van der Waals surface area contributed by atoms with Crippen LogP contribution in [0.4, 0.5) is 0 Å². The lowest BCUT2D eigenvalue weighted by Gasteiger charge is -2.19. The van der Waals surface area contributed by atoms with Gasteiger partial charge in [-0.25, -0.2) is 0 Å². The van der Waals surface area contributed by atoms with E-state index in [1.165, 1.54) is 0 Å². The molecule has 1 aliphatic rings. The van der Waals surface area contributed by atoms with Gasteiger partial charge in [0.15, 0.2) is 0 Å². The van der Waals surface area contributed by atoms with Gasteiger partial charge < -0.3 is 16.0 Å². The Morgan fingerprint density at radius 3 is 2.58 bits per heavy atom. The average Bonchev–Trinajstić information content (AvgIpc) is 2.64. The lowest BCUT2D eigenvalue weighted by molar-refractivity contribution is -0.130. The molecule has 0 aliphatic carbocycles. The van der Waals surface area contributed by atoms with Crippen molar-refractivity contribution in [3.63, 3.8) is 0 Å². The van der Waals surface area contributed by atoms with Crippen LogP contribution in [0.5, 0.6) is 0 Å². The van der Waals surface area contributed by atoms with E-state index < -0.39 is 0 Å². The summed E-state index contributed by atoms with van der Waals surface area (Å²) in [5, 5.41) is 2.76. The van der Waals surface area contributed by atoms with Gasteiger partial charge >= 0.3 is 0 Å². The molecule has 1 aromatic rings. The largest absolute Gasteiger partial charge is 0.354 e. The maximum absolute atomic E-state index is 12.1. The summed E-state index contributed by atoms with van der Waals surface area (Å²) in [6.45, 7) is 2.14. The molecule has 1 heterocycles. The van der Waals surface area contributed by atoms with Crippen LogP contribution in [0.15, 0.2) is 24.3 Å². The molecule has 1 aliphatic heterocycles. The van der Waals surface area contributed by atoms with Crippen molar-refractivity contribution >= 4 is 11.8 Å². The van der Waals surface area contributed by atoms with Crippen LogP contribution in [0.25, 0.3) is 0 Å². The zero-order valence-corrected chi connectivity index (χ0v) is 10.9. The molecule has 0 aromatic heterocycles. The predicted molar refractivity (Wildman–Crippen MR) is 72.2 cm³/mol. The third kappa shape index (κ3) is 3.79. The molecule has 2 amide bonds. The second-order valence-electron chi connectivity index (χ2n) is 4.68. The lowest BCUT2D eigenvalue weighted by Crippen LogP contribution is -2.35. The van der Waals surface area contributed by atoms with Crippen LogP contribution in [0.1, 0.15) is 17.5 Å². The van der Waals surface area contributed by atoms with E-state index in [-0.39, 0.29) is 11.8 Å². The third-order valence-corrected chi connectivity index (χ3v) is 3.28. The van der Waals surface area contributed by atoms with E-state index in [1.54, 1.807) is 4.90 Å². The van der Waals surface area contributed by atoms with Gasteiger partial charge in [0.25, 0.3) is 0 Å². The van der Waals surface area contributed by atoms with Crippen molar-refractivity contribution in [2.75, 3.05) is 19.6 Å². The van der Waals surface area contributed by atoms with Gasteiger partial charge in [0, 0.05) is 32.6 Å². The first-order valence-corrected chi connectivity index (χ1v) is 6.51. The Kier molecular flexibility index (Phi) is 4.52. The molecular weight excluding hydrogens is 242 g/mol. The molecule has 0 bridgehead atoms. The first-order valence-electron chi connectivity index (χ1n) is 6.51. The molecule has 0 unspecified atom stereocenters. The lowest BCUT2D eigenvalue weighted by atomic mass is 10.1. The van der Waals surface area contributed by atoms with Gasteiger partial charge in [-0.15, -0.1) is 0 Å². The van der Waals surface area contributed by atoms with Gasteiger partial charge in [0.05, 0.1) is 6.42 Å². The van der Waals surface area contributed by atoms with Crippen LogP contribution in [0.2, 0.25) is 0 Å². The Bertz CT molecular complexity index is 456. The summed E-state index contributed by atoms with van der Waals surface area (Å²) in [5.74, 6) is 0.0830. The number of benzene rings is 1. The van der Waals surface area contributed by atoms with Gasteiger partial charge in [-0.1, -0.05) is 24.3 Å². The van der Waals surface area contributed by atoms with Crippen LogP contribution in [0, 0.1) is 0 Å². The average molecular weight is 261 g/mol. The highest BCUT2D eigenvalue weighted by Crippen LogP contribution is 2.07. The van der Waals surface area contributed by atoms with Gasteiger partial charge in [-0.3, -0.25) is 9.59 Å². The fourth-order valence-corrected chi connectivity index (χ4v) is 2.10. The normalized spacial score (nSPS) is 15.8. The fourth-order valence-electron chi connectivity index (χ4n) is 2.10. The SMILES string of the molecule is NCc1ccc(CC(=O)N2CCNC(=O)CC2)cc1. The van der Waals surface area contributed by atoms with Gasteiger partial charge in [-0.2, -0.15) is 0 Å². The Balaban J connectivity index is 1.93. The maximum atomic E-state index is 12.1. The standard InChI is InChI=1S/C14H19N3O2/c15-10-12-3-1-11(2-4-12)9-14(19)17-7-5-13(18)16-6-8-17/h1-4H,5-10,15H2,(H,16,18). The molecular formula is C14H19N3O2. The third-order valence-electron chi connectivity index (χ3n) is 3.28. The van der Waals surface area contributed by atoms with E-state index in [2.05, 4.69) is 5.32 Å². The molecule has 3 N–H and O–H groups in total. The van der Waals surface area contributed by atoms with Crippen LogP contribution < -0.4 is 11.1 Å². The molecule has 1 fully saturated rings. The molecule has 0 radical (unpaired) electrons. The number of rotatable bonds is 3. The summed E-state index contributed by atoms with van der Waals surface area (Å²) in [6.07, 6.45) is 0.761. The number of carbonyl (C=O) groups excluding carboxylic acids is 2. The van der Waals surface area contributed by atoms with Crippen molar-refractivity contribution in [2.24, 2.45) is 5.73 Å². The van der Waals surface area contributed by atoms with Crippen LogP contribution in [-0.2, 0) is 22.6 Å². The summed E-state index contributed by atoms with van der Waals surface area (Å²) in [6, 6.07) is 7.74. The van der Waals surface area contributed by atoms with E-state index in [0.29, 0.717) is 39.0 Å². The fraction of sp³-hybridized carbons (Fsp3) is 0.429. The number of amides is 2. The van der Waals surface area contributed by atoms with Crippen molar-refractivity contribution in [3.8, 4) is 0 Å². The number of nitrogens with zero attached hydrogens (tertiary/aromatic N) is 1. The monoisotopic (exact) mass is 261 g/mol. The molecule has 1 saturated heterocycles. The topological polar surface area (TPSA) is 75.4 Å². The van der Waals surface area contributed by atoms with E-state index in [0.717, 1.165) is 11.1 Å². The Morgan fingerprint density at radius 2 is 1.89 bits per heavy atom. The second-order valence-corrected chi connectivity index (χ2v) is 4.68. The highest BCUT2D eigenvalue weighted by atomic mass is 16.2. The van der Waals surface area contributed by atoms with E-state index in [4.69, 9.17) is 5.73 Å². The second kappa shape index (κ2) is 6.33. The maximum Gasteiger partial charge on any atom is 0.227 e. The van der Waals surface area contributed by atoms with Crippen molar-refractivity contribution in [3.05, 3.63) is 35.4 Å². The summed E-state index contributed by atoms with van der Waals surface area (Å²) < 4.78 is 0. The Hall–Kier alpha value is -1.88. The first kappa shape index (κ1) is 13.5. The van der Waals surface area contributed by atoms with Crippen LogP contribution >= 0.6 is 0 Å². The summed E-state index contributed by atoms with van der Waals surface area (Å²) >= 11 is 0. The van der Waals surface area contributed by atoms with E-state index in [1.807, 2.05) is 24.3 Å². The zero-order chi connectivity index (χ0) is 13.7. The number of nitrogens with one attached hydrogen (secondary N) is 1. The zero-order valence-electron chi connectivity index (χ0n) is 10.9. The Morgan fingerprint density at radius 1 is 1.21 bits per heavy atom. The number of carbonyl (C=O) groups is 2. The van der Waals surface area contributed by atoms with Crippen molar-refractivity contribution < 1.29 is 9.59 Å². The smallest absolute Gasteiger partial charge is 0.227 e. The first-order chi connectivity index (χ1) is 9.19. The van der Waals surface area contributed by atoms with Gasteiger partial charge in [0.2, 0.25) is 11.8 Å². The van der Waals surface area contributed by atoms with Crippen molar-refractivity contribution in [2.45, 2.75) is 19.4 Å². The molecule has 1 aromatic carbocycles. The predicted octanol–water partition coefficient (Wildman–Crippen LogP) is 0.0363. The molecule has 2 rings (SSSR count). The summed E-state index contributed by atoms with van der Waals surface area (Å²) in [4.78, 5) is 25.1. The molecule has 0 saturated carbocycles. The Labute approximate surface area is 112 Å². The molecule has 19 heavy (non-hydrogen) atoms.